The highest BCUT2D eigenvalue weighted by Crippen LogP contribution is 2.61. The molecule has 160 valence electrons. The minimum atomic E-state index is -0.764. The third kappa shape index (κ3) is 3.45. The second-order valence-electron chi connectivity index (χ2n) is 10.2. The predicted octanol–water partition coefficient (Wildman–Crippen LogP) is 3.65. The lowest BCUT2D eigenvalue weighted by Crippen LogP contribution is -2.55. The van der Waals surface area contributed by atoms with E-state index in [9.17, 15) is 14.7 Å². The van der Waals surface area contributed by atoms with E-state index in [1.165, 1.54) is 17.6 Å². The Morgan fingerprint density at radius 1 is 1.03 bits per heavy atom. The molecule has 0 aromatic rings. The minimum Gasteiger partial charge on any atom is -0.481 e. The lowest BCUT2D eigenvalue weighted by molar-refractivity contribution is -0.146. The van der Waals surface area contributed by atoms with Crippen molar-refractivity contribution in [2.45, 2.75) is 65.2 Å². The summed E-state index contributed by atoms with van der Waals surface area (Å²) < 4.78 is 0. The Balaban J connectivity index is 1.39. The maximum Gasteiger partial charge on any atom is 0.303 e. The van der Waals surface area contributed by atoms with Crippen molar-refractivity contribution < 1.29 is 14.7 Å². The predicted molar refractivity (Wildman–Crippen MR) is 113 cm³/mol. The van der Waals surface area contributed by atoms with Gasteiger partial charge < -0.3 is 16.2 Å². The highest BCUT2D eigenvalue weighted by atomic mass is 16.4. The van der Waals surface area contributed by atoms with E-state index in [-0.39, 0.29) is 23.2 Å². The van der Waals surface area contributed by atoms with Gasteiger partial charge in [0.1, 0.15) is 0 Å². The maximum absolute atomic E-state index is 12.9. The Morgan fingerprint density at radius 2 is 1.59 bits per heavy atom. The first-order chi connectivity index (χ1) is 13.8. The number of hydrogen-bond donors (Lipinski definition) is 3. The molecule has 0 radical (unpaired) electrons. The van der Waals surface area contributed by atoms with E-state index in [0.717, 1.165) is 32.1 Å². The van der Waals surface area contributed by atoms with Crippen LogP contribution in [0.3, 0.4) is 0 Å². The summed E-state index contributed by atoms with van der Waals surface area (Å²) in [6.45, 7) is 5.37. The number of hydrogen-bond acceptors (Lipinski definition) is 3. The Kier molecular flexibility index (Phi) is 5.39. The summed E-state index contributed by atoms with van der Waals surface area (Å²) >= 11 is 0. The van der Waals surface area contributed by atoms with Crippen LogP contribution in [0.4, 0.5) is 0 Å². The molecule has 4 rings (SSSR count). The van der Waals surface area contributed by atoms with Crippen LogP contribution in [-0.4, -0.2) is 30.1 Å². The van der Waals surface area contributed by atoms with Crippen molar-refractivity contribution in [2.24, 2.45) is 40.2 Å². The van der Waals surface area contributed by atoms with E-state index in [1.807, 2.05) is 0 Å². The van der Waals surface area contributed by atoms with Gasteiger partial charge in [-0.05, 0) is 74.2 Å². The zero-order valence-electron chi connectivity index (χ0n) is 17.9. The van der Waals surface area contributed by atoms with Gasteiger partial charge in [-0.2, -0.15) is 0 Å². The average Bonchev–Trinajstić information content (AvgIpc) is 3.21. The van der Waals surface area contributed by atoms with Gasteiger partial charge in [0, 0.05) is 18.4 Å². The van der Waals surface area contributed by atoms with Crippen LogP contribution in [0.15, 0.2) is 23.3 Å². The van der Waals surface area contributed by atoms with E-state index in [2.05, 4.69) is 31.3 Å². The van der Waals surface area contributed by atoms with Crippen LogP contribution in [0.5, 0.6) is 0 Å². The minimum absolute atomic E-state index is 0.0400. The molecule has 0 aromatic carbocycles. The maximum atomic E-state index is 12.9. The normalized spacial score (nSPS) is 39.6. The molecule has 2 fully saturated rings. The van der Waals surface area contributed by atoms with Gasteiger partial charge in [-0.25, -0.2) is 0 Å². The van der Waals surface area contributed by atoms with Crippen LogP contribution in [0, 0.1) is 34.5 Å². The molecule has 4 N–H and O–H groups in total. The molecule has 0 spiro atoms. The molecule has 5 nitrogen and oxygen atoms in total. The number of carbonyl (C=O) groups is 2. The molecule has 0 bridgehead atoms. The SMILES string of the molecule is CCC1=C[C@H]2[C@@H](C1)C[C@@]2(CNC(=O)C[C@]1(CN)C[C@@H]2CC(CC)=C[C@@H]21)CC(=O)O. The molecular weight excluding hydrogens is 364 g/mol. The number of aliphatic carboxylic acids is 1. The highest BCUT2D eigenvalue weighted by molar-refractivity contribution is 5.77. The fourth-order valence-corrected chi connectivity index (χ4v) is 7.00. The van der Waals surface area contributed by atoms with E-state index < -0.39 is 5.97 Å². The van der Waals surface area contributed by atoms with Crippen molar-refractivity contribution in [3.63, 3.8) is 0 Å². The average molecular weight is 401 g/mol. The third-order valence-corrected chi connectivity index (χ3v) is 8.61. The molecule has 4 aliphatic carbocycles. The first-order valence-corrected chi connectivity index (χ1v) is 11.4. The number of rotatable bonds is 9. The van der Waals surface area contributed by atoms with Gasteiger partial charge in [0.2, 0.25) is 5.91 Å². The van der Waals surface area contributed by atoms with Gasteiger partial charge in [0.25, 0.3) is 0 Å². The largest absolute Gasteiger partial charge is 0.481 e. The molecule has 6 atom stereocenters. The molecule has 0 heterocycles. The van der Waals surface area contributed by atoms with Crippen molar-refractivity contribution in [3.05, 3.63) is 23.3 Å². The van der Waals surface area contributed by atoms with Gasteiger partial charge in [0.05, 0.1) is 6.42 Å². The summed E-state index contributed by atoms with van der Waals surface area (Å²) in [4.78, 5) is 24.4. The number of nitrogens with two attached hydrogens (primary N) is 1. The molecule has 0 unspecified atom stereocenters. The van der Waals surface area contributed by atoms with Gasteiger partial charge >= 0.3 is 5.97 Å². The summed E-state index contributed by atoms with van der Waals surface area (Å²) in [7, 11) is 0. The number of carboxylic acid groups (broad SMARTS) is 1. The summed E-state index contributed by atoms with van der Waals surface area (Å²) in [6.07, 6.45) is 11.6. The zero-order valence-corrected chi connectivity index (χ0v) is 17.9. The van der Waals surface area contributed by atoms with Crippen molar-refractivity contribution in [2.75, 3.05) is 13.1 Å². The second-order valence-corrected chi connectivity index (χ2v) is 10.2. The molecule has 2 saturated carbocycles. The zero-order chi connectivity index (χ0) is 20.8. The molecule has 0 aromatic heterocycles. The number of allylic oxidation sites excluding steroid dienone is 4. The van der Waals surface area contributed by atoms with E-state index in [0.29, 0.717) is 43.2 Å². The standard InChI is InChI=1S/C24H36N2O3/c1-3-15-5-17-9-23(13-25,19(17)7-15)11-21(27)26-14-24(12-22(28)29)10-18-6-16(4-2)8-20(18)24/h7-8,17-20H,3-6,9-14,25H2,1-2H3,(H,26,27)(H,28,29)/t17-,18-,19-,20-,23-,24-/m0/s1. The quantitative estimate of drug-likeness (QED) is 0.515. The van der Waals surface area contributed by atoms with Crippen molar-refractivity contribution >= 4 is 11.9 Å². The van der Waals surface area contributed by atoms with Gasteiger partial charge in [-0.3, -0.25) is 9.59 Å². The Bertz CT molecular complexity index is 757. The molecule has 1 amide bonds. The monoisotopic (exact) mass is 400 g/mol. The number of amides is 1. The van der Waals surface area contributed by atoms with Crippen LogP contribution in [0.1, 0.15) is 65.2 Å². The summed E-state index contributed by atoms with van der Waals surface area (Å²) in [5.74, 6) is 1.26. The highest BCUT2D eigenvalue weighted by Gasteiger charge is 2.57. The fraction of sp³-hybridized carbons (Fsp3) is 0.750. The first-order valence-electron chi connectivity index (χ1n) is 11.4. The van der Waals surface area contributed by atoms with E-state index >= 15 is 0 Å². The molecule has 4 aliphatic rings. The van der Waals surface area contributed by atoms with Crippen molar-refractivity contribution in [3.8, 4) is 0 Å². The Labute approximate surface area is 174 Å². The summed E-state index contributed by atoms with van der Waals surface area (Å²) in [5.41, 5.74) is 8.69. The summed E-state index contributed by atoms with van der Waals surface area (Å²) in [5, 5.41) is 12.6. The van der Waals surface area contributed by atoms with Crippen molar-refractivity contribution in [1.82, 2.24) is 5.32 Å². The first kappa shape index (κ1) is 20.6. The van der Waals surface area contributed by atoms with Crippen LogP contribution in [-0.2, 0) is 9.59 Å². The number of fused-ring (bicyclic) bond motifs is 2. The summed E-state index contributed by atoms with van der Waals surface area (Å²) in [6, 6.07) is 0. The van der Waals surface area contributed by atoms with Gasteiger partial charge in [-0.1, -0.05) is 37.1 Å². The van der Waals surface area contributed by atoms with Crippen LogP contribution >= 0.6 is 0 Å². The van der Waals surface area contributed by atoms with Crippen LogP contribution < -0.4 is 11.1 Å². The number of carboxylic acids is 1. The second kappa shape index (κ2) is 7.57. The molecule has 0 aliphatic heterocycles. The number of nitrogens with one attached hydrogen (secondary N) is 1. The Morgan fingerprint density at radius 3 is 2.10 bits per heavy atom. The van der Waals surface area contributed by atoms with Gasteiger partial charge in [-0.15, -0.1) is 0 Å². The van der Waals surface area contributed by atoms with Crippen molar-refractivity contribution in [1.29, 1.82) is 0 Å². The number of carbonyl (C=O) groups excluding carboxylic acids is 1. The smallest absolute Gasteiger partial charge is 0.303 e. The molecular formula is C24H36N2O3. The Hall–Kier alpha value is -1.62. The van der Waals surface area contributed by atoms with E-state index in [1.54, 1.807) is 0 Å². The fourth-order valence-electron chi connectivity index (χ4n) is 7.00. The van der Waals surface area contributed by atoms with Crippen LogP contribution in [0.2, 0.25) is 0 Å². The molecule has 5 heteroatoms. The third-order valence-electron chi connectivity index (χ3n) is 8.61. The lowest BCUT2D eigenvalue weighted by atomic mass is 9.52. The lowest BCUT2D eigenvalue weighted by Gasteiger charge is -2.53. The van der Waals surface area contributed by atoms with Gasteiger partial charge in [0.15, 0.2) is 0 Å². The molecule has 0 saturated heterocycles. The molecule has 29 heavy (non-hydrogen) atoms. The van der Waals surface area contributed by atoms with Crippen LogP contribution in [0.25, 0.3) is 0 Å². The topological polar surface area (TPSA) is 92.4 Å². The van der Waals surface area contributed by atoms with E-state index in [4.69, 9.17) is 5.73 Å².